The Hall–Kier alpha value is -1.88. The van der Waals surface area contributed by atoms with Crippen LogP contribution in [-0.2, 0) is 19.1 Å². The van der Waals surface area contributed by atoms with Gasteiger partial charge in [-0.1, -0.05) is 30.3 Å². The van der Waals surface area contributed by atoms with Crippen molar-refractivity contribution in [1.29, 1.82) is 0 Å². The maximum absolute atomic E-state index is 11.5. The number of ether oxygens (including phenoxy) is 2. The summed E-state index contributed by atoms with van der Waals surface area (Å²) in [5.41, 5.74) is 6.58. The van der Waals surface area contributed by atoms with E-state index in [-0.39, 0.29) is 0 Å². The van der Waals surface area contributed by atoms with Gasteiger partial charge in [0.1, 0.15) is 0 Å². The van der Waals surface area contributed by atoms with Crippen LogP contribution in [0.3, 0.4) is 0 Å². The molecule has 0 aliphatic carbocycles. The van der Waals surface area contributed by atoms with E-state index in [1.54, 1.807) is 24.3 Å². The van der Waals surface area contributed by atoms with Gasteiger partial charge in [0.2, 0.25) is 6.10 Å². The Kier molecular flexibility index (Phi) is 4.66. The quantitative estimate of drug-likeness (QED) is 0.783. The molecule has 0 bridgehead atoms. The first-order valence-corrected chi connectivity index (χ1v) is 5.12. The number of esters is 2. The molecule has 1 aromatic carbocycles. The first-order valence-electron chi connectivity index (χ1n) is 5.12. The van der Waals surface area contributed by atoms with Gasteiger partial charge >= 0.3 is 11.9 Å². The molecule has 0 fully saturated rings. The van der Waals surface area contributed by atoms with Crippen molar-refractivity contribution in [2.75, 3.05) is 7.11 Å². The third-order valence-electron chi connectivity index (χ3n) is 2.24. The Morgan fingerprint density at radius 3 is 2.29 bits per heavy atom. The minimum Gasteiger partial charge on any atom is -0.466 e. The van der Waals surface area contributed by atoms with E-state index < -0.39 is 24.1 Å². The first kappa shape index (κ1) is 13.2. The molecule has 92 valence electrons. The van der Waals surface area contributed by atoms with Crippen molar-refractivity contribution in [1.82, 2.24) is 0 Å². The van der Waals surface area contributed by atoms with Gasteiger partial charge in [-0.2, -0.15) is 0 Å². The van der Waals surface area contributed by atoms with Crippen LogP contribution >= 0.6 is 0 Å². The predicted octanol–water partition coefficient (Wildman–Crippen LogP) is 0.791. The van der Waals surface area contributed by atoms with Gasteiger partial charge in [-0.05, 0) is 5.56 Å². The third-order valence-corrected chi connectivity index (χ3v) is 2.24. The average Bonchev–Trinajstić information content (AvgIpc) is 2.35. The van der Waals surface area contributed by atoms with Crippen LogP contribution in [0, 0.1) is 0 Å². The van der Waals surface area contributed by atoms with Crippen LogP contribution in [0.5, 0.6) is 0 Å². The monoisotopic (exact) mass is 237 g/mol. The molecule has 1 aromatic rings. The number of hydrogen-bond donors (Lipinski definition) is 1. The van der Waals surface area contributed by atoms with E-state index in [4.69, 9.17) is 10.5 Å². The number of carbonyl (C=O) groups excluding carboxylic acids is 2. The summed E-state index contributed by atoms with van der Waals surface area (Å²) < 4.78 is 9.44. The smallest absolute Gasteiger partial charge is 0.349 e. The van der Waals surface area contributed by atoms with E-state index in [9.17, 15) is 9.59 Å². The molecule has 1 unspecified atom stereocenters. The normalized spacial score (nSPS) is 13.6. The van der Waals surface area contributed by atoms with Crippen LogP contribution in [-0.4, -0.2) is 25.2 Å². The lowest BCUT2D eigenvalue weighted by Gasteiger charge is -2.21. The van der Waals surface area contributed by atoms with Crippen molar-refractivity contribution < 1.29 is 19.1 Å². The van der Waals surface area contributed by atoms with E-state index in [2.05, 4.69) is 4.74 Å². The first-order chi connectivity index (χ1) is 8.06. The molecule has 0 saturated heterocycles. The van der Waals surface area contributed by atoms with Crippen LogP contribution < -0.4 is 5.73 Å². The van der Waals surface area contributed by atoms with Crippen LogP contribution in [0.25, 0.3) is 0 Å². The van der Waals surface area contributed by atoms with Gasteiger partial charge in [0.15, 0.2) is 0 Å². The second kappa shape index (κ2) is 6.00. The van der Waals surface area contributed by atoms with Gasteiger partial charge in [-0.3, -0.25) is 4.79 Å². The second-order valence-corrected chi connectivity index (χ2v) is 3.49. The molecule has 1 rings (SSSR count). The lowest BCUT2D eigenvalue weighted by molar-refractivity contribution is -0.166. The van der Waals surface area contributed by atoms with Gasteiger partial charge < -0.3 is 15.2 Å². The van der Waals surface area contributed by atoms with E-state index >= 15 is 0 Å². The molecule has 2 N–H and O–H groups in total. The molecule has 2 atom stereocenters. The van der Waals surface area contributed by atoms with Crippen LogP contribution in [0.4, 0.5) is 0 Å². The Morgan fingerprint density at radius 1 is 1.24 bits per heavy atom. The van der Waals surface area contributed by atoms with Crippen molar-refractivity contribution in [3.05, 3.63) is 35.9 Å². The Balaban J connectivity index is 2.90. The van der Waals surface area contributed by atoms with Crippen molar-refractivity contribution in [2.24, 2.45) is 5.73 Å². The highest BCUT2D eigenvalue weighted by Gasteiger charge is 2.30. The van der Waals surface area contributed by atoms with Crippen LogP contribution in [0.15, 0.2) is 30.3 Å². The summed E-state index contributed by atoms with van der Waals surface area (Å²) in [7, 11) is 1.22. The van der Waals surface area contributed by atoms with Crippen molar-refractivity contribution in [2.45, 2.75) is 19.1 Å². The van der Waals surface area contributed by atoms with Crippen LogP contribution in [0.1, 0.15) is 18.5 Å². The van der Waals surface area contributed by atoms with Crippen molar-refractivity contribution >= 4 is 11.9 Å². The second-order valence-electron chi connectivity index (χ2n) is 3.49. The molecule has 0 spiro atoms. The molecule has 0 aliphatic rings. The summed E-state index contributed by atoms with van der Waals surface area (Å²) in [6.07, 6.45) is -1.13. The molecular formula is C12H15NO4. The number of benzene rings is 1. The number of carbonyl (C=O) groups is 2. The Morgan fingerprint density at radius 2 is 1.82 bits per heavy atom. The largest absolute Gasteiger partial charge is 0.466 e. The highest BCUT2D eigenvalue weighted by atomic mass is 16.6. The SMILES string of the molecule is COC(=O)[C@H](OC(C)=O)C(N)c1ccccc1. The summed E-state index contributed by atoms with van der Waals surface area (Å²) >= 11 is 0. The van der Waals surface area contributed by atoms with Gasteiger partial charge in [0.05, 0.1) is 13.2 Å². The fourth-order valence-electron chi connectivity index (χ4n) is 1.41. The van der Waals surface area contributed by atoms with Crippen LogP contribution in [0.2, 0.25) is 0 Å². The molecule has 0 heterocycles. The predicted molar refractivity (Wildman–Crippen MR) is 60.9 cm³/mol. The molecule has 0 amide bonds. The molecule has 5 heteroatoms. The lowest BCUT2D eigenvalue weighted by atomic mass is 10.0. The summed E-state index contributed by atoms with van der Waals surface area (Å²) in [5, 5.41) is 0. The van der Waals surface area contributed by atoms with E-state index in [1.165, 1.54) is 14.0 Å². The van der Waals surface area contributed by atoms with E-state index in [0.29, 0.717) is 5.56 Å². The molecule has 0 radical (unpaired) electrons. The maximum Gasteiger partial charge on any atom is 0.349 e. The maximum atomic E-state index is 11.5. The zero-order valence-corrected chi connectivity index (χ0v) is 9.75. The van der Waals surface area contributed by atoms with Gasteiger partial charge in [0, 0.05) is 6.92 Å². The van der Waals surface area contributed by atoms with Gasteiger partial charge in [0.25, 0.3) is 0 Å². The summed E-state index contributed by atoms with van der Waals surface area (Å²) in [6.45, 7) is 1.22. The topological polar surface area (TPSA) is 78.6 Å². The van der Waals surface area contributed by atoms with Gasteiger partial charge in [-0.25, -0.2) is 4.79 Å². The van der Waals surface area contributed by atoms with Crippen molar-refractivity contribution in [3.8, 4) is 0 Å². The fraction of sp³-hybridized carbons (Fsp3) is 0.333. The average molecular weight is 237 g/mol. The molecule has 17 heavy (non-hydrogen) atoms. The standard InChI is InChI=1S/C12H15NO4/c1-8(14)17-11(12(15)16-2)10(13)9-6-4-3-5-7-9/h3-7,10-11H,13H2,1-2H3/t10?,11-/m1/s1. The zero-order valence-electron chi connectivity index (χ0n) is 9.75. The van der Waals surface area contributed by atoms with Gasteiger partial charge in [-0.15, -0.1) is 0 Å². The number of nitrogens with two attached hydrogens (primary N) is 1. The van der Waals surface area contributed by atoms with E-state index in [1.807, 2.05) is 6.07 Å². The highest BCUT2D eigenvalue weighted by Crippen LogP contribution is 2.17. The fourth-order valence-corrected chi connectivity index (χ4v) is 1.41. The molecule has 5 nitrogen and oxygen atoms in total. The molecule has 0 saturated carbocycles. The minimum atomic E-state index is -1.13. The summed E-state index contributed by atoms with van der Waals surface area (Å²) in [4.78, 5) is 22.4. The Bertz CT molecular complexity index is 391. The van der Waals surface area contributed by atoms with Crippen molar-refractivity contribution in [3.63, 3.8) is 0 Å². The summed E-state index contributed by atoms with van der Waals surface area (Å²) in [6, 6.07) is 8.17. The Labute approximate surface area is 99.5 Å². The third kappa shape index (κ3) is 3.57. The van der Waals surface area contributed by atoms with E-state index in [0.717, 1.165) is 0 Å². The molecular weight excluding hydrogens is 222 g/mol. The molecule has 0 aromatic heterocycles. The highest BCUT2D eigenvalue weighted by molar-refractivity contribution is 5.79. The molecule has 0 aliphatic heterocycles. The lowest BCUT2D eigenvalue weighted by Crippen LogP contribution is -2.38. The minimum absolute atomic E-state index is 0.577. The zero-order chi connectivity index (χ0) is 12.8. The number of rotatable bonds is 4. The number of methoxy groups -OCH3 is 1. The summed E-state index contributed by atoms with van der Waals surface area (Å²) in [5.74, 6) is -1.25. The number of hydrogen-bond acceptors (Lipinski definition) is 5.